The van der Waals surface area contributed by atoms with E-state index in [1.54, 1.807) is 24.7 Å². The molecule has 7 nitrogen and oxygen atoms in total. The van der Waals surface area contributed by atoms with Crippen LogP contribution in [0.3, 0.4) is 0 Å². The highest BCUT2D eigenvalue weighted by atomic mass is 16.6. The number of anilines is 1. The molecule has 0 saturated heterocycles. The highest BCUT2D eigenvalue weighted by molar-refractivity contribution is 5.94. The summed E-state index contributed by atoms with van der Waals surface area (Å²) in [5, 5.41) is 17.6. The van der Waals surface area contributed by atoms with Crippen LogP contribution in [0.1, 0.15) is 24.2 Å². The molecule has 1 N–H and O–H groups in total. The zero-order valence-corrected chi connectivity index (χ0v) is 12.0. The van der Waals surface area contributed by atoms with Gasteiger partial charge in [-0.3, -0.25) is 19.6 Å². The Labute approximate surface area is 121 Å². The summed E-state index contributed by atoms with van der Waals surface area (Å²) < 4.78 is 1.57. The molecule has 7 heteroatoms. The van der Waals surface area contributed by atoms with Gasteiger partial charge in [-0.25, -0.2) is 0 Å². The minimum atomic E-state index is -0.465. The number of rotatable bonds is 4. The summed E-state index contributed by atoms with van der Waals surface area (Å²) in [6.07, 6.45) is 1.74. The second kappa shape index (κ2) is 5.74. The fraction of sp³-hybridized carbons (Fsp3) is 0.286. The van der Waals surface area contributed by atoms with Crippen molar-refractivity contribution in [3.63, 3.8) is 0 Å². The minimum Gasteiger partial charge on any atom is -0.324 e. The van der Waals surface area contributed by atoms with Gasteiger partial charge in [-0.1, -0.05) is 0 Å². The van der Waals surface area contributed by atoms with Gasteiger partial charge in [0, 0.05) is 24.0 Å². The van der Waals surface area contributed by atoms with Crippen LogP contribution in [0.15, 0.2) is 30.5 Å². The van der Waals surface area contributed by atoms with Gasteiger partial charge >= 0.3 is 0 Å². The topological polar surface area (TPSA) is 90.1 Å². The van der Waals surface area contributed by atoms with Crippen LogP contribution in [0.5, 0.6) is 0 Å². The third kappa shape index (κ3) is 3.25. The second-order valence-corrected chi connectivity index (χ2v) is 4.86. The van der Waals surface area contributed by atoms with E-state index in [9.17, 15) is 14.9 Å². The van der Waals surface area contributed by atoms with Gasteiger partial charge in [0.25, 0.3) is 5.69 Å². The summed E-state index contributed by atoms with van der Waals surface area (Å²) in [4.78, 5) is 22.4. The SMILES string of the molecule is Cc1ccn(C(C)C(=O)Nc2ccc([N+](=O)[O-])cc2C)n1. The monoisotopic (exact) mass is 288 g/mol. The molecule has 1 heterocycles. The number of aromatic nitrogens is 2. The van der Waals surface area contributed by atoms with E-state index in [4.69, 9.17) is 0 Å². The molecule has 1 aromatic carbocycles. The van der Waals surface area contributed by atoms with E-state index in [1.807, 2.05) is 13.0 Å². The first-order valence-corrected chi connectivity index (χ1v) is 6.46. The number of aryl methyl sites for hydroxylation is 2. The van der Waals surface area contributed by atoms with Gasteiger partial charge in [0.2, 0.25) is 5.91 Å². The van der Waals surface area contributed by atoms with Crippen LogP contribution in [0.25, 0.3) is 0 Å². The Bertz CT molecular complexity index is 693. The normalized spacial score (nSPS) is 12.0. The zero-order chi connectivity index (χ0) is 15.6. The second-order valence-electron chi connectivity index (χ2n) is 4.86. The number of nitro benzene ring substituents is 1. The summed E-state index contributed by atoms with van der Waals surface area (Å²) in [6, 6.07) is 5.69. The quantitative estimate of drug-likeness (QED) is 0.691. The smallest absolute Gasteiger partial charge is 0.269 e. The summed E-state index contributed by atoms with van der Waals surface area (Å²) in [6.45, 7) is 5.30. The van der Waals surface area contributed by atoms with Gasteiger partial charge in [-0.05, 0) is 38.5 Å². The number of carbonyl (C=O) groups excluding carboxylic acids is 1. The van der Waals surface area contributed by atoms with E-state index in [0.29, 0.717) is 11.3 Å². The molecule has 110 valence electrons. The van der Waals surface area contributed by atoms with Crippen LogP contribution < -0.4 is 5.32 Å². The van der Waals surface area contributed by atoms with Gasteiger partial charge in [-0.2, -0.15) is 5.10 Å². The Balaban J connectivity index is 2.14. The first-order valence-electron chi connectivity index (χ1n) is 6.46. The Morgan fingerprint density at radius 3 is 2.62 bits per heavy atom. The summed E-state index contributed by atoms with van der Waals surface area (Å²) in [7, 11) is 0. The molecule has 1 atom stereocenters. The van der Waals surface area contributed by atoms with E-state index >= 15 is 0 Å². The lowest BCUT2D eigenvalue weighted by molar-refractivity contribution is -0.384. The largest absolute Gasteiger partial charge is 0.324 e. The van der Waals surface area contributed by atoms with Crippen LogP contribution in [-0.2, 0) is 4.79 Å². The summed E-state index contributed by atoms with van der Waals surface area (Å²) in [5.41, 5.74) is 2.03. The molecule has 1 amide bonds. The van der Waals surface area contributed by atoms with Crippen molar-refractivity contribution in [2.45, 2.75) is 26.8 Å². The van der Waals surface area contributed by atoms with Crippen LogP contribution in [-0.4, -0.2) is 20.6 Å². The van der Waals surface area contributed by atoms with Crippen molar-refractivity contribution in [1.29, 1.82) is 0 Å². The van der Waals surface area contributed by atoms with Crippen molar-refractivity contribution in [2.75, 3.05) is 5.32 Å². The molecular weight excluding hydrogens is 272 g/mol. The number of hydrogen-bond donors (Lipinski definition) is 1. The number of carbonyl (C=O) groups is 1. The van der Waals surface area contributed by atoms with Gasteiger partial charge in [0.05, 0.1) is 10.6 Å². The van der Waals surface area contributed by atoms with Crippen LogP contribution in [0, 0.1) is 24.0 Å². The standard InChI is InChI=1S/C14H16N4O3/c1-9-8-12(18(20)21)4-5-13(9)15-14(19)11(3)17-7-6-10(2)16-17/h4-8,11H,1-3H3,(H,15,19). The van der Waals surface area contributed by atoms with Crippen molar-refractivity contribution in [3.8, 4) is 0 Å². The number of nitrogens with zero attached hydrogens (tertiary/aromatic N) is 3. The Hall–Kier alpha value is -2.70. The predicted octanol–water partition coefficient (Wildman–Crippen LogP) is 2.61. The van der Waals surface area contributed by atoms with E-state index in [1.165, 1.54) is 18.2 Å². The fourth-order valence-electron chi connectivity index (χ4n) is 1.91. The van der Waals surface area contributed by atoms with Crippen molar-refractivity contribution in [3.05, 3.63) is 51.8 Å². The van der Waals surface area contributed by atoms with E-state index in [0.717, 1.165) is 5.69 Å². The average Bonchev–Trinajstić information content (AvgIpc) is 2.86. The fourth-order valence-corrected chi connectivity index (χ4v) is 1.91. The number of non-ortho nitro benzene ring substituents is 1. The summed E-state index contributed by atoms with van der Waals surface area (Å²) >= 11 is 0. The van der Waals surface area contributed by atoms with E-state index in [2.05, 4.69) is 10.4 Å². The van der Waals surface area contributed by atoms with Crippen molar-refractivity contribution in [2.24, 2.45) is 0 Å². The van der Waals surface area contributed by atoms with Gasteiger partial charge in [-0.15, -0.1) is 0 Å². The molecule has 0 saturated carbocycles. The third-order valence-electron chi connectivity index (χ3n) is 3.20. The maximum Gasteiger partial charge on any atom is 0.269 e. The lowest BCUT2D eigenvalue weighted by Gasteiger charge is -2.14. The molecule has 1 aromatic heterocycles. The van der Waals surface area contributed by atoms with Gasteiger partial charge in [0.15, 0.2) is 0 Å². The highest BCUT2D eigenvalue weighted by Gasteiger charge is 2.17. The predicted molar refractivity (Wildman–Crippen MR) is 78.1 cm³/mol. The van der Waals surface area contributed by atoms with Crippen molar-refractivity contribution >= 4 is 17.3 Å². The molecule has 0 aliphatic rings. The Morgan fingerprint density at radius 1 is 1.38 bits per heavy atom. The van der Waals surface area contributed by atoms with Crippen LogP contribution in [0.4, 0.5) is 11.4 Å². The minimum absolute atomic E-state index is 0.00116. The number of hydrogen-bond acceptors (Lipinski definition) is 4. The molecule has 2 aromatic rings. The van der Waals surface area contributed by atoms with Crippen molar-refractivity contribution < 1.29 is 9.72 Å². The first kappa shape index (κ1) is 14.7. The maximum absolute atomic E-state index is 12.2. The number of benzene rings is 1. The summed E-state index contributed by atoms with van der Waals surface area (Å²) in [5.74, 6) is -0.227. The molecule has 0 bridgehead atoms. The van der Waals surface area contributed by atoms with Gasteiger partial charge < -0.3 is 5.32 Å². The maximum atomic E-state index is 12.2. The van der Waals surface area contributed by atoms with Gasteiger partial charge in [0.1, 0.15) is 6.04 Å². The Morgan fingerprint density at radius 2 is 2.10 bits per heavy atom. The van der Waals surface area contributed by atoms with Crippen LogP contribution in [0.2, 0.25) is 0 Å². The zero-order valence-electron chi connectivity index (χ0n) is 12.0. The average molecular weight is 288 g/mol. The molecule has 0 radical (unpaired) electrons. The molecule has 21 heavy (non-hydrogen) atoms. The number of amides is 1. The van der Waals surface area contributed by atoms with E-state index < -0.39 is 11.0 Å². The molecule has 0 aliphatic heterocycles. The number of nitro groups is 1. The Kier molecular flexibility index (Phi) is 4.02. The van der Waals surface area contributed by atoms with Crippen molar-refractivity contribution in [1.82, 2.24) is 9.78 Å². The molecule has 0 spiro atoms. The van der Waals surface area contributed by atoms with Crippen LogP contribution >= 0.6 is 0 Å². The molecular formula is C14H16N4O3. The molecule has 2 rings (SSSR count). The van der Waals surface area contributed by atoms with E-state index in [-0.39, 0.29) is 11.6 Å². The molecule has 0 fully saturated rings. The third-order valence-corrected chi connectivity index (χ3v) is 3.20. The number of nitrogens with one attached hydrogen (secondary N) is 1. The highest BCUT2D eigenvalue weighted by Crippen LogP contribution is 2.22. The molecule has 0 aliphatic carbocycles. The first-order chi connectivity index (χ1) is 9.88. The lowest BCUT2D eigenvalue weighted by Crippen LogP contribution is -2.24. The molecule has 1 unspecified atom stereocenters. The lowest BCUT2D eigenvalue weighted by atomic mass is 10.1.